The van der Waals surface area contributed by atoms with E-state index in [2.05, 4.69) is 5.32 Å². The average Bonchev–Trinajstić information content (AvgIpc) is 3.15. The Kier molecular flexibility index (Phi) is 4.32. The number of ether oxygens (including phenoxy) is 4. The van der Waals surface area contributed by atoms with Crippen LogP contribution >= 0.6 is 0 Å². The van der Waals surface area contributed by atoms with Gasteiger partial charge in [0, 0.05) is 5.92 Å². The number of rotatable bonds is 5. The van der Waals surface area contributed by atoms with Gasteiger partial charge in [-0.3, -0.25) is 4.79 Å². The summed E-state index contributed by atoms with van der Waals surface area (Å²) in [5.74, 6) is 3.02. The van der Waals surface area contributed by atoms with Gasteiger partial charge in [-0.05, 0) is 53.8 Å². The predicted octanol–water partition coefficient (Wildman–Crippen LogP) is 2.95. The smallest absolute Gasteiger partial charge is 0.231 e. The molecule has 2 aliphatic rings. The molecule has 0 aromatic heterocycles. The van der Waals surface area contributed by atoms with Crippen LogP contribution in [0.3, 0.4) is 0 Å². The predicted molar refractivity (Wildman–Crippen MR) is 95.1 cm³/mol. The summed E-state index contributed by atoms with van der Waals surface area (Å²) in [6.45, 7) is 0.249. The number of amides is 1. The first-order valence-corrected chi connectivity index (χ1v) is 8.59. The van der Waals surface area contributed by atoms with E-state index >= 15 is 0 Å². The second-order valence-corrected chi connectivity index (χ2v) is 6.43. The summed E-state index contributed by atoms with van der Waals surface area (Å²) in [7, 11) is 3.24. The Balaban J connectivity index is 1.75. The van der Waals surface area contributed by atoms with Gasteiger partial charge in [0.2, 0.25) is 13.2 Å². The van der Waals surface area contributed by atoms with E-state index in [4.69, 9.17) is 18.9 Å². The van der Waals surface area contributed by atoms with Crippen LogP contribution in [0.25, 0.3) is 0 Å². The zero-order valence-electron chi connectivity index (χ0n) is 14.8. The molecule has 0 radical (unpaired) electrons. The summed E-state index contributed by atoms with van der Waals surface area (Å²) < 4.78 is 21.8. The fourth-order valence-electron chi connectivity index (χ4n) is 3.92. The molecular weight excluding hydrogens is 334 g/mol. The number of hydrogen-bond acceptors (Lipinski definition) is 5. The third kappa shape index (κ3) is 2.71. The normalized spacial score (nSPS) is 20.2. The monoisotopic (exact) mass is 355 g/mol. The van der Waals surface area contributed by atoms with Crippen LogP contribution in [-0.2, 0) is 11.2 Å². The van der Waals surface area contributed by atoms with Gasteiger partial charge in [0.15, 0.2) is 23.0 Å². The van der Waals surface area contributed by atoms with E-state index in [1.807, 2.05) is 30.3 Å². The zero-order chi connectivity index (χ0) is 18.1. The zero-order valence-corrected chi connectivity index (χ0v) is 14.8. The molecule has 0 saturated heterocycles. The van der Waals surface area contributed by atoms with Crippen LogP contribution in [0.2, 0.25) is 0 Å². The Morgan fingerprint density at radius 1 is 1.08 bits per heavy atom. The number of hydrogen-bond donors (Lipinski definition) is 1. The van der Waals surface area contributed by atoms with Gasteiger partial charge >= 0.3 is 0 Å². The maximum absolute atomic E-state index is 11.3. The standard InChI is InChI=1S/C20H21NO5/c1-23-17-7-13-3-5-14(12-4-6-16-19(8-12)26-11-25-16)20(21-10-22)15(13)9-18(17)24-2/h4,6-10,14,20H,3,5,11H2,1-2H3,(H,21,22). The molecule has 1 N–H and O–H groups in total. The van der Waals surface area contributed by atoms with E-state index in [1.165, 1.54) is 5.56 Å². The van der Waals surface area contributed by atoms with Crippen molar-refractivity contribution in [3.05, 3.63) is 47.0 Å². The molecule has 1 heterocycles. The first kappa shape index (κ1) is 16.6. The van der Waals surface area contributed by atoms with Crippen LogP contribution in [-0.4, -0.2) is 27.4 Å². The highest BCUT2D eigenvalue weighted by Crippen LogP contribution is 2.46. The first-order valence-electron chi connectivity index (χ1n) is 8.59. The van der Waals surface area contributed by atoms with Gasteiger partial charge < -0.3 is 24.3 Å². The van der Waals surface area contributed by atoms with Crippen LogP contribution < -0.4 is 24.3 Å². The highest BCUT2D eigenvalue weighted by molar-refractivity contribution is 5.55. The van der Waals surface area contributed by atoms with Gasteiger partial charge in [0.1, 0.15) is 0 Å². The molecule has 1 amide bonds. The summed E-state index contributed by atoms with van der Waals surface area (Å²) in [5, 5.41) is 3.00. The minimum absolute atomic E-state index is 0.139. The molecule has 2 aromatic rings. The molecule has 0 spiro atoms. The summed E-state index contributed by atoms with van der Waals surface area (Å²) in [5.41, 5.74) is 3.34. The minimum atomic E-state index is -0.142. The molecule has 2 atom stereocenters. The second kappa shape index (κ2) is 6.78. The van der Waals surface area contributed by atoms with Crippen LogP contribution in [0, 0.1) is 0 Å². The van der Waals surface area contributed by atoms with Crippen molar-refractivity contribution in [1.29, 1.82) is 0 Å². The number of aryl methyl sites for hydroxylation is 1. The maximum Gasteiger partial charge on any atom is 0.231 e. The van der Waals surface area contributed by atoms with Crippen LogP contribution in [0.5, 0.6) is 23.0 Å². The molecule has 26 heavy (non-hydrogen) atoms. The van der Waals surface area contributed by atoms with Gasteiger partial charge in [0.05, 0.1) is 20.3 Å². The van der Waals surface area contributed by atoms with Crippen molar-refractivity contribution in [3.63, 3.8) is 0 Å². The molecule has 1 aliphatic heterocycles. The molecule has 0 fully saturated rings. The fraction of sp³-hybridized carbons (Fsp3) is 0.350. The van der Waals surface area contributed by atoms with Gasteiger partial charge in [-0.15, -0.1) is 0 Å². The Labute approximate surface area is 152 Å². The van der Waals surface area contributed by atoms with E-state index in [0.717, 1.165) is 41.9 Å². The Bertz CT molecular complexity index is 835. The topological polar surface area (TPSA) is 66.0 Å². The third-order valence-corrected chi connectivity index (χ3v) is 5.18. The summed E-state index contributed by atoms with van der Waals surface area (Å²) in [6, 6.07) is 9.82. The van der Waals surface area contributed by atoms with Crippen LogP contribution in [0.15, 0.2) is 30.3 Å². The molecule has 136 valence electrons. The number of methoxy groups -OCH3 is 2. The van der Waals surface area contributed by atoms with Crippen LogP contribution in [0.1, 0.15) is 35.1 Å². The lowest BCUT2D eigenvalue weighted by Gasteiger charge is -2.34. The van der Waals surface area contributed by atoms with Crippen molar-refractivity contribution in [3.8, 4) is 23.0 Å². The van der Waals surface area contributed by atoms with E-state index in [9.17, 15) is 4.79 Å². The van der Waals surface area contributed by atoms with Crippen molar-refractivity contribution >= 4 is 6.41 Å². The number of fused-ring (bicyclic) bond motifs is 2. The van der Waals surface area contributed by atoms with Crippen molar-refractivity contribution in [2.45, 2.75) is 24.8 Å². The lowest BCUT2D eigenvalue weighted by Crippen LogP contribution is -2.30. The number of carbonyl (C=O) groups excluding carboxylic acids is 1. The lowest BCUT2D eigenvalue weighted by atomic mass is 9.76. The SMILES string of the molecule is COc1cc2c(cc1OC)C(NC=O)C(c1ccc3c(c1)OCO3)CC2. The average molecular weight is 355 g/mol. The van der Waals surface area contributed by atoms with Gasteiger partial charge in [0.25, 0.3) is 0 Å². The molecule has 1 aliphatic carbocycles. The maximum atomic E-state index is 11.3. The third-order valence-electron chi connectivity index (χ3n) is 5.18. The van der Waals surface area contributed by atoms with Crippen molar-refractivity contribution in [2.24, 2.45) is 0 Å². The van der Waals surface area contributed by atoms with Gasteiger partial charge in [-0.2, -0.15) is 0 Å². The molecule has 0 bridgehead atoms. The Hall–Kier alpha value is -2.89. The fourth-order valence-corrected chi connectivity index (χ4v) is 3.92. The summed E-state index contributed by atoms with van der Waals surface area (Å²) in [6.07, 6.45) is 2.57. The summed E-state index contributed by atoms with van der Waals surface area (Å²) >= 11 is 0. The molecule has 0 saturated carbocycles. The van der Waals surface area contributed by atoms with E-state index < -0.39 is 0 Å². The lowest BCUT2D eigenvalue weighted by molar-refractivity contribution is -0.110. The second-order valence-electron chi connectivity index (χ2n) is 6.43. The first-order chi connectivity index (χ1) is 12.7. The number of nitrogens with one attached hydrogen (secondary N) is 1. The van der Waals surface area contributed by atoms with Gasteiger partial charge in [-0.25, -0.2) is 0 Å². The van der Waals surface area contributed by atoms with Crippen molar-refractivity contribution < 1.29 is 23.7 Å². The highest BCUT2D eigenvalue weighted by atomic mass is 16.7. The number of carbonyl (C=O) groups is 1. The van der Waals surface area contributed by atoms with Crippen molar-refractivity contribution in [1.82, 2.24) is 5.32 Å². The Morgan fingerprint density at radius 3 is 2.62 bits per heavy atom. The van der Waals surface area contributed by atoms with Gasteiger partial charge in [-0.1, -0.05) is 6.07 Å². The molecule has 4 rings (SSSR count). The molecule has 2 aromatic carbocycles. The van der Waals surface area contributed by atoms with E-state index in [0.29, 0.717) is 11.5 Å². The Morgan fingerprint density at radius 2 is 1.85 bits per heavy atom. The van der Waals surface area contributed by atoms with Crippen LogP contribution in [0.4, 0.5) is 0 Å². The summed E-state index contributed by atoms with van der Waals surface area (Å²) in [4.78, 5) is 11.3. The molecular formula is C20H21NO5. The quantitative estimate of drug-likeness (QED) is 0.836. The van der Waals surface area contributed by atoms with E-state index in [1.54, 1.807) is 14.2 Å². The van der Waals surface area contributed by atoms with E-state index in [-0.39, 0.29) is 18.8 Å². The molecule has 6 nitrogen and oxygen atoms in total. The largest absolute Gasteiger partial charge is 0.493 e. The highest BCUT2D eigenvalue weighted by Gasteiger charge is 2.32. The minimum Gasteiger partial charge on any atom is -0.493 e. The molecule has 2 unspecified atom stereocenters. The molecule has 6 heteroatoms. The number of benzene rings is 2. The van der Waals surface area contributed by atoms with Crippen molar-refractivity contribution in [2.75, 3.05) is 21.0 Å².